The van der Waals surface area contributed by atoms with Gasteiger partial charge in [0.25, 0.3) is 0 Å². The Hall–Kier alpha value is -1.72. The first kappa shape index (κ1) is 12.7. The SMILES string of the molecule is COCc1c(C=O)nnn1Cc1ccc(Cl)cc1. The van der Waals surface area contributed by atoms with Crippen molar-refractivity contribution in [3.63, 3.8) is 0 Å². The van der Waals surface area contributed by atoms with Gasteiger partial charge in [-0.05, 0) is 17.7 Å². The summed E-state index contributed by atoms with van der Waals surface area (Å²) in [7, 11) is 1.56. The van der Waals surface area contributed by atoms with Crippen LogP contribution in [0.3, 0.4) is 0 Å². The number of aldehydes is 1. The monoisotopic (exact) mass is 265 g/mol. The maximum atomic E-state index is 10.8. The summed E-state index contributed by atoms with van der Waals surface area (Å²) in [6.45, 7) is 0.825. The predicted octanol–water partition coefficient (Wildman–Crippen LogP) is 1.94. The van der Waals surface area contributed by atoms with Crippen LogP contribution in [0.25, 0.3) is 0 Å². The third-order valence-corrected chi connectivity index (χ3v) is 2.76. The zero-order valence-electron chi connectivity index (χ0n) is 9.84. The van der Waals surface area contributed by atoms with Gasteiger partial charge in [-0.15, -0.1) is 5.10 Å². The molecule has 2 aromatic rings. The summed E-state index contributed by atoms with van der Waals surface area (Å²) in [6.07, 6.45) is 0.680. The van der Waals surface area contributed by atoms with Gasteiger partial charge in [0.15, 0.2) is 12.0 Å². The summed E-state index contributed by atoms with van der Waals surface area (Å²) in [5.74, 6) is 0. The molecule has 1 aromatic heterocycles. The van der Waals surface area contributed by atoms with Crippen molar-refractivity contribution in [1.29, 1.82) is 0 Å². The highest BCUT2D eigenvalue weighted by atomic mass is 35.5. The Balaban J connectivity index is 2.25. The fraction of sp³-hybridized carbons (Fsp3) is 0.250. The summed E-state index contributed by atoms with van der Waals surface area (Å²) in [6, 6.07) is 7.43. The molecule has 0 aliphatic carbocycles. The summed E-state index contributed by atoms with van der Waals surface area (Å²) in [5.41, 5.74) is 2.01. The van der Waals surface area contributed by atoms with E-state index in [1.54, 1.807) is 11.8 Å². The first-order valence-electron chi connectivity index (χ1n) is 5.35. The molecule has 0 aliphatic heterocycles. The molecule has 0 N–H and O–H groups in total. The third kappa shape index (κ3) is 2.75. The average molecular weight is 266 g/mol. The van der Waals surface area contributed by atoms with Crippen LogP contribution in [0.5, 0.6) is 0 Å². The van der Waals surface area contributed by atoms with Gasteiger partial charge in [-0.2, -0.15) is 0 Å². The number of benzene rings is 1. The Morgan fingerprint density at radius 3 is 2.72 bits per heavy atom. The molecule has 18 heavy (non-hydrogen) atoms. The van der Waals surface area contributed by atoms with Crippen molar-refractivity contribution in [3.05, 3.63) is 46.2 Å². The maximum Gasteiger partial charge on any atom is 0.172 e. The summed E-state index contributed by atoms with van der Waals surface area (Å²) >= 11 is 5.82. The molecule has 0 radical (unpaired) electrons. The van der Waals surface area contributed by atoms with E-state index in [9.17, 15) is 4.79 Å². The second-order valence-corrected chi connectivity index (χ2v) is 4.19. The number of aromatic nitrogens is 3. The Morgan fingerprint density at radius 1 is 1.39 bits per heavy atom. The number of ether oxygens (including phenoxy) is 1. The molecule has 6 heteroatoms. The van der Waals surface area contributed by atoms with E-state index in [4.69, 9.17) is 16.3 Å². The molecule has 2 rings (SSSR count). The normalized spacial score (nSPS) is 10.6. The number of nitrogens with zero attached hydrogens (tertiary/aromatic N) is 3. The molecule has 0 saturated carbocycles. The van der Waals surface area contributed by atoms with Gasteiger partial charge in [-0.25, -0.2) is 4.68 Å². The number of hydrogen-bond acceptors (Lipinski definition) is 4. The van der Waals surface area contributed by atoms with Gasteiger partial charge in [0.2, 0.25) is 0 Å². The van der Waals surface area contributed by atoms with Crippen molar-refractivity contribution in [1.82, 2.24) is 15.0 Å². The van der Waals surface area contributed by atoms with Crippen molar-refractivity contribution < 1.29 is 9.53 Å². The molecule has 0 bridgehead atoms. The molecule has 0 fully saturated rings. The zero-order valence-corrected chi connectivity index (χ0v) is 10.6. The molecule has 0 atom stereocenters. The van der Waals surface area contributed by atoms with Crippen molar-refractivity contribution in [2.45, 2.75) is 13.2 Å². The lowest BCUT2D eigenvalue weighted by molar-refractivity contribution is 0.111. The van der Waals surface area contributed by atoms with Crippen LogP contribution in [0.1, 0.15) is 21.7 Å². The smallest absolute Gasteiger partial charge is 0.172 e. The number of halogens is 1. The van der Waals surface area contributed by atoms with Gasteiger partial charge in [-0.1, -0.05) is 28.9 Å². The molecule has 0 amide bonds. The van der Waals surface area contributed by atoms with E-state index in [1.165, 1.54) is 0 Å². The molecule has 0 spiro atoms. The van der Waals surface area contributed by atoms with Crippen molar-refractivity contribution in [2.24, 2.45) is 0 Å². The number of carbonyl (C=O) groups is 1. The van der Waals surface area contributed by atoms with E-state index in [2.05, 4.69) is 10.3 Å². The standard InChI is InChI=1S/C12H12ClN3O2/c1-18-8-12-11(7-17)14-15-16(12)6-9-2-4-10(13)5-3-9/h2-5,7H,6,8H2,1H3. The maximum absolute atomic E-state index is 10.8. The molecule has 5 nitrogen and oxygen atoms in total. The molecule has 94 valence electrons. The van der Waals surface area contributed by atoms with Crippen molar-refractivity contribution in [2.75, 3.05) is 7.11 Å². The van der Waals surface area contributed by atoms with Gasteiger partial charge in [0.05, 0.1) is 18.8 Å². The molecule has 0 saturated heterocycles. The average Bonchev–Trinajstić information content (AvgIpc) is 2.75. The van der Waals surface area contributed by atoms with E-state index >= 15 is 0 Å². The largest absolute Gasteiger partial charge is 0.378 e. The lowest BCUT2D eigenvalue weighted by Gasteiger charge is -2.06. The first-order valence-corrected chi connectivity index (χ1v) is 5.73. The first-order chi connectivity index (χ1) is 8.74. The van der Waals surface area contributed by atoms with Crippen LogP contribution in [0, 0.1) is 0 Å². The number of rotatable bonds is 5. The minimum atomic E-state index is 0.300. The molecule has 1 heterocycles. The van der Waals surface area contributed by atoms with Crippen molar-refractivity contribution >= 4 is 17.9 Å². The Labute approximate surface area is 109 Å². The second-order valence-electron chi connectivity index (χ2n) is 3.76. The van der Waals surface area contributed by atoms with Crippen molar-refractivity contribution in [3.8, 4) is 0 Å². The Bertz CT molecular complexity index is 537. The summed E-state index contributed by atoms with van der Waals surface area (Å²) in [5, 5.41) is 8.43. The fourth-order valence-electron chi connectivity index (χ4n) is 1.61. The highest BCUT2D eigenvalue weighted by Gasteiger charge is 2.12. The van der Waals surface area contributed by atoms with Gasteiger partial charge in [0, 0.05) is 12.1 Å². The fourth-order valence-corrected chi connectivity index (χ4v) is 1.74. The van der Waals surface area contributed by atoms with Crippen LogP contribution in [0.4, 0.5) is 0 Å². The highest BCUT2D eigenvalue weighted by molar-refractivity contribution is 6.30. The lowest BCUT2D eigenvalue weighted by atomic mass is 10.2. The van der Waals surface area contributed by atoms with Crippen LogP contribution < -0.4 is 0 Å². The zero-order chi connectivity index (χ0) is 13.0. The number of hydrogen-bond donors (Lipinski definition) is 0. The molecule has 0 unspecified atom stereocenters. The van der Waals surface area contributed by atoms with E-state index in [0.29, 0.717) is 35.8 Å². The third-order valence-electron chi connectivity index (χ3n) is 2.51. The van der Waals surface area contributed by atoms with E-state index in [-0.39, 0.29) is 0 Å². The van der Waals surface area contributed by atoms with E-state index in [1.807, 2.05) is 24.3 Å². The summed E-state index contributed by atoms with van der Waals surface area (Å²) < 4.78 is 6.69. The van der Waals surface area contributed by atoms with Crippen LogP contribution in [0.15, 0.2) is 24.3 Å². The second kappa shape index (κ2) is 5.75. The van der Waals surface area contributed by atoms with Crippen LogP contribution >= 0.6 is 11.6 Å². The Morgan fingerprint density at radius 2 is 2.11 bits per heavy atom. The van der Waals surface area contributed by atoms with Gasteiger partial charge in [0.1, 0.15) is 0 Å². The molecule has 1 aromatic carbocycles. The topological polar surface area (TPSA) is 57.0 Å². The minimum Gasteiger partial charge on any atom is -0.378 e. The van der Waals surface area contributed by atoms with E-state index in [0.717, 1.165) is 5.56 Å². The summed E-state index contributed by atoms with van der Waals surface area (Å²) in [4.78, 5) is 10.8. The van der Waals surface area contributed by atoms with Gasteiger partial charge in [-0.3, -0.25) is 4.79 Å². The number of carbonyl (C=O) groups excluding carboxylic acids is 1. The van der Waals surface area contributed by atoms with Gasteiger partial charge < -0.3 is 4.74 Å². The van der Waals surface area contributed by atoms with E-state index < -0.39 is 0 Å². The molecule has 0 aliphatic rings. The number of methoxy groups -OCH3 is 1. The molecular formula is C12H12ClN3O2. The predicted molar refractivity (Wildman–Crippen MR) is 66.7 cm³/mol. The Kier molecular flexibility index (Phi) is 4.07. The lowest BCUT2D eigenvalue weighted by Crippen LogP contribution is -2.08. The van der Waals surface area contributed by atoms with Crippen LogP contribution in [0.2, 0.25) is 5.02 Å². The van der Waals surface area contributed by atoms with Crippen LogP contribution in [-0.4, -0.2) is 28.4 Å². The van der Waals surface area contributed by atoms with Crippen LogP contribution in [-0.2, 0) is 17.9 Å². The highest BCUT2D eigenvalue weighted by Crippen LogP contribution is 2.12. The quantitative estimate of drug-likeness (QED) is 0.775. The van der Waals surface area contributed by atoms with Gasteiger partial charge >= 0.3 is 0 Å². The molecular weight excluding hydrogens is 254 g/mol. The minimum absolute atomic E-state index is 0.300.